The number of benzene rings is 2. The van der Waals surface area contributed by atoms with Crippen LogP contribution < -0.4 is 10.9 Å². The number of nitro benzene ring substituents is 1. The van der Waals surface area contributed by atoms with E-state index in [-0.39, 0.29) is 22.2 Å². The summed E-state index contributed by atoms with van der Waals surface area (Å²) in [6.45, 7) is 1.54. The SMILES string of the molecule is Cc1cc(C(=O)N/N=C/c2coc3ccccc3c2=O)ccc1[N+](=O)[O-]. The van der Waals surface area contributed by atoms with E-state index in [4.69, 9.17) is 4.42 Å². The number of para-hydroxylation sites is 1. The van der Waals surface area contributed by atoms with Gasteiger partial charge in [0.1, 0.15) is 11.8 Å². The van der Waals surface area contributed by atoms with Crippen molar-refractivity contribution >= 4 is 28.8 Å². The highest BCUT2D eigenvalue weighted by molar-refractivity contribution is 5.95. The van der Waals surface area contributed by atoms with Crippen molar-refractivity contribution in [1.82, 2.24) is 5.43 Å². The number of nitro groups is 1. The van der Waals surface area contributed by atoms with Crippen LogP contribution in [0.1, 0.15) is 21.5 Å². The fourth-order valence-electron chi connectivity index (χ4n) is 2.41. The van der Waals surface area contributed by atoms with E-state index in [1.54, 1.807) is 31.2 Å². The third kappa shape index (κ3) is 3.34. The quantitative estimate of drug-likeness (QED) is 0.441. The van der Waals surface area contributed by atoms with E-state index in [2.05, 4.69) is 10.5 Å². The lowest BCUT2D eigenvalue weighted by Crippen LogP contribution is -2.18. The molecule has 0 aliphatic rings. The zero-order valence-electron chi connectivity index (χ0n) is 13.6. The first kappa shape index (κ1) is 17.0. The van der Waals surface area contributed by atoms with Crippen LogP contribution in [0.2, 0.25) is 0 Å². The van der Waals surface area contributed by atoms with Gasteiger partial charge in [0.25, 0.3) is 11.6 Å². The molecule has 0 unspecified atom stereocenters. The maximum Gasteiger partial charge on any atom is 0.272 e. The summed E-state index contributed by atoms with van der Waals surface area (Å²) in [6, 6.07) is 10.8. The standard InChI is InChI=1S/C18H13N3O5/c1-11-8-12(6-7-15(11)21(24)25)18(23)20-19-9-13-10-26-16-5-3-2-4-14(16)17(13)22/h2-10H,1H3,(H,20,23)/b19-9+. The number of rotatable bonds is 4. The van der Waals surface area contributed by atoms with Crippen LogP contribution in [0.5, 0.6) is 0 Å². The third-order valence-corrected chi connectivity index (χ3v) is 3.73. The van der Waals surface area contributed by atoms with Crippen molar-refractivity contribution in [2.75, 3.05) is 0 Å². The lowest BCUT2D eigenvalue weighted by atomic mass is 10.1. The number of carbonyl (C=O) groups excluding carboxylic acids is 1. The summed E-state index contributed by atoms with van der Waals surface area (Å²) in [6.07, 6.45) is 2.45. The van der Waals surface area contributed by atoms with Gasteiger partial charge in [-0.05, 0) is 31.2 Å². The summed E-state index contributed by atoms with van der Waals surface area (Å²) in [4.78, 5) is 34.6. The van der Waals surface area contributed by atoms with Crippen molar-refractivity contribution in [2.45, 2.75) is 6.92 Å². The van der Waals surface area contributed by atoms with Gasteiger partial charge >= 0.3 is 0 Å². The predicted octanol–water partition coefficient (Wildman–Crippen LogP) is 2.77. The molecule has 0 atom stereocenters. The molecule has 1 N–H and O–H groups in total. The highest BCUT2D eigenvalue weighted by Gasteiger charge is 2.13. The molecule has 8 nitrogen and oxygen atoms in total. The number of hydrazone groups is 1. The van der Waals surface area contributed by atoms with Crippen molar-refractivity contribution in [1.29, 1.82) is 0 Å². The number of nitrogens with zero attached hydrogens (tertiary/aromatic N) is 2. The second-order valence-corrected chi connectivity index (χ2v) is 5.47. The first-order chi connectivity index (χ1) is 12.5. The van der Waals surface area contributed by atoms with Gasteiger partial charge in [0.05, 0.1) is 22.1 Å². The monoisotopic (exact) mass is 351 g/mol. The predicted molar refractivity (Wildman–Crippen MR) is 95.4 cm³/mol. The normalized spacial score (nSPS) is 11.0. The molecule has 3 aromatic rings. The van der Waals surface area contributed by atoms with Gasteiger partial charge in [-0.15, -0.1) is 0 Å². The van der Waals surface area contributed by atoms with E-state index in [0.717, 1.165) is 0 Å². The van der Waals surface area contributed by atoms with Crippen LogP contribution in [-0.2, 0) is 0 Å². The minimum Gasteiger partial charge on any atom is -0.463 e. The average Bonchev–Trinajstić information content (AvgIpc) is 2.63. The Bertz CT molecular complexity index is 1100. The van der Waals surface area contributed by atoms with Gasteiger partial charge in [-0.2, -0.15) is 5.10 Å². The number of fused-ring (bicyclic) bond motifs is 1. The molecule has 1 amide bonds. The van der Waals surface area contributed by atoms with Crippen molar-refractivity contribution < 1.29 is 14.1 Å². The summed E-state index contributed by atoms with van der Waals surface area (Å²) in [5.41, 5.74) is 3.16. The van der Waals surface area contributed by atoms with Gasteiger partial charge < -0.3 is 4.42 Å². The molecule has 130 valence electrons. The highest BCUT2D eigenvalue weighted by Crippen LogP contribution is 2.18. The zero-order chi connectivity index (χ0) is 18.7. The Morgan fingerprint density at radius 1 is 1.27 bits per heavy atom. The minimum atomic E-state index is -0.551. The molecule has 0 bridgehead atoms. The number of hydrogen-bond donors (Lipinski definition) is 1. The molecule has 1 aromatic heterocycles. The molecule has 1 heterocycles. The number of hydrogen-bond acceptors (Lipinski definition) is 6. The van der Waals surface area contributed by atoms with Crippen molar-refractivity contribution in [3.05, 3.63) is 85.8 Å². The largest absolute Gasteiger partial charge is 0.463 e. The Balaban J connectivity index is 1.77. The van der Waals surface area contributed by atoms with Gasteiger partial charge in [0.2, 0.25) is 5.43 Å². The Kier molecular flexibility index (Phi) is 4.57. The summed E-state index contributed by atoms with van der Waals surface area (Å²) in [5.74, 6) is -0.551. The van der Waals surface area contributed by atoms with Crippen molar-refractivity contribution in [3.63, 3.8) is 0 Å². The summed E-state index contributed by atoms with van der Waals surface area (Å²) < 4.78 is 5.35. The van der Waals surface area contributed by atoms with Crippen LogP contribution in [-0.4, -0.2) is 17.0 Å². The Hall–Kier alpha value is -3.81. The van der Waals surface area contributed by atoms with Crippen molar-refractivity contribution in [2.24, 2.45) is 5.10 Å². The molecule has 0 fully saturated rings. The molecule has 0 saturated carbocycles. The van der Waals surface area contributed by atoms with E-state index in [0.29, 0.717) is 16.5 Å². The van der Waals surface area contributed by atoms with Gasteiger partial charge in [0.15, 0.2) is 0 Å². The molecule has 0 spiro atoms. The van der Waals surface area contributed by atoms with Gasteiger partial charge in [-0.1, -0.05) is 12.1 Å². The molecule has 0 radical (unpaired) electrons. The Morgan fingerprint density at radius 2 is 2.04 bits per heavy atom. The topological polar surface area (TPSA) is 115 Å². The molecule has 26 heavy (non-hydrogen) atoms. The van der Waals surface area contributed by atoms with Gasteiger partial charge in [-0.25, -0.2) is 5.43 Å². The lowest BCUT2D eigenvalue weighted by molar-refractivity contribution is -0.385. The van der Waals surface area contributed by atoms with Crippen LogP contribution >= 0.6 is 0 Å². The Morgan fingerprint density at radius 3 is 2.77 bits per heavy atom. The summed E-state index contributed by atoms with van der Waals surface area (Å²) in [5, 5.41) is 15.0. The molecular weight excluding hydrogens is 338 g/mol. The maximum absolute atomic E-state index is 12.3. The first-order valence-corrected chi connectivity index (χ1v) is 7.56. The number of aryl methyl sites for hydroxylation is 1. The van der Waals surface area contributed by atoms with Crippen LogP contribution in [0.25, 0.3) is 11.0 Å². The molecule has 2 aromatic carbocycles. The number of nitrogens with one attached hydrogen (secondary N) is 1. The number of amides is 1. The van der Waals surface area contributed by atoms with Gasteiger partial charge in [-0.3, -0.25) is 19.7 Å². The van der Waals surface area contributed by atoms with Crippen LogP contribution in [0.15, 0.2) is 63.0 Å². The average molecular weight is 351 g/mol. The van der Waals surface area contributed by atoms with E-state index in [9.17, 15) is 19.7 Å². The van der Waals surface area contributed by atoms with Crippen LogP contribution in [0.4, 0.5) is 5.69 Å². The molecule has 0 saturated heterocycles. The molecule has 0 aliphatic carbocycles. The first-order valence-electron chi connectivity index (χ1n) is 7.56. The van der Waals surface area contributed by atoms with E-state index in [1.807, 2.05) is 0 Å². The summed E-state index contributed by atoms with van der Waals surface area (Å²) in [7, 11) is 0. The molecular formula is C18H13N3O5. The Labute approximate surface area is 146 Å². The second-order valence-electron chi connectivity index (χ2n) is 5.47. The fraction of sp³-hybridized carbons (Fsp3) is 0.0556. The lowest BCUT2D eigenvalue weighted by Gasteiger charge is -2.02. The van der Waals surface area contributed by atoms with Crippen LogP contribution in [0.3, 0.4) is 0 Å². The van der Waals surface area contributed by atoms with Gasteiger partial charge in [0, 0.05) is 17.2 Å². The summed E-state index contributed by atoms with van der Waals surface area (Å²) >= 11 is 0. The van der Waals surface area contributed by atoms with Crippen LogP contribution in [0, 0.1) is 17.0 Å². The second kappa shape index (κ2) is 6.98. The maximum atomic E-state index is 12.3. The zero-order valence-corrected chi connectivity index (χ0v) is 13.6. The van der Waals surface area contributed by atoms with Crippen molar-refractivity contribution in [3.8, 4) is 0 Å². The number of carbonyl (C=O) groups is 1. The minimum absolute atomic E-state index is 0.0705. The molecule has 3 rings (SSSR count). The smallest absolute Gasteiger partial charge is 0.272 e. The molecule has 8 heteroatoms. The van der Waals surface area contributed by atoms with E-state index in [1.165, 1.54) is 30.7 Å². The molecule has 0 aliphatic heterocycles. The van der Waals surface area contributed by atoms with E-state index >= 15 is 0 Å². The fourth-order valence-corrected chi connectivity index (χ4v) is 2.41. The third-order valence-electron chi connectivity index (χ3n) is 3.73. The van der Waals surface area contributed by atoms with E-state index < -0.39 is 10.8 Å². The highest BCUT2D eigenvalue weighted by atomic mass is 16.6.